The lowest BCUT2D eigenvalue weighted by atomic mass is 9.91. The van der Waals surface area contributed by atoms with Crippen molar-refractivity contribution in [2.24, 2.45) is 0 Å². The second-order valence-electron chi connectivity index (χ2n) is 13.8. The van der Waals surface area contributed by atoms with Crippen LogP contribution < -0.4 is 14.8 Å². The number of carbonyl (C=O) groups is 4. The van der Waals surface area contributed by atoms with Crippen molar-refractivity contribution in [1.29, 1.82) is 0 Å². The zero-order valence-electron chi connectivity index (χ0n) is 30.9. The smallest absolute Gasteiger partial charge is 0.320 e. The van der Waals surface area contributed by atoms with Gasteiger partial charge in [0.1, 0.15) is 35.0 Å². The van der Waals surface area contributed by atoms with Gasteiger partial charge < -0.3 is 25.0 Å². The molecule has 2 atom stereocenters. The van der Waals surface area contributed by atoms with Gasteiger partial charge in [-0.05, 0) is 86.5 Å². The number of likely N-dealkylation sites (tertiary alicyclic amines) is 2. The van der Waals surface area contributed by atoms with Crippen LogP contribution in [0.4, 0.5) is 5.69 Å². The van der Waals surface area contributed by atoms with E-state index in [1.165, 1.54) is 14.2 Å². The minimum atomic E-state index is -0.850. The predicted molar refractivity (Wildman–Crippen MR) is 201 cm³/mol. The van der Waals surface area contributed by atoms with Crippen LogP contribution in [0.15, 0.2) is 60.9 Å². The van der Waals surface area contributed by atoms with Gasteiger partial charge in [-0.2, -0.15) is 0 Å². The van der Waals surface area contributed by atoms with Crippen LogP contribution in [0.3, 0.4) is 0 Å². The molecule has 2 fully saturated rings. The van der Waals surface area contributed by atoms with Crippen molar-refractivity contribution in [3.05, 3.63) is 100 Å². The van der Waals surface area contributed by atoms with E-state index >= 15 is 0 Å². The standard InChI is InChI=1S/C41H45N5O8/c1-24-26(17-36(47)32-18-37(53-3)27(20-42-32)22-45-15-7-13-34(45)40(49)50)9-5-10-29(24)30-11-6-12-31(25(30)2)44-39(48)33-19-38(54-4)28(21-43-33)23-46-16-8-14-35(46)41(51)52/h5-6,9-12,18-21,34-35H,7-8,13-17,22-23H2,1-4H3,(H,44,48)(H,49,50)(H,51,52)/t34-,35-/m0/s1. The molecule has 4 heterocycles. The number of hydrogen-bond donors (Lipinski definition) is 3. The number of benzene rings is 2. The normalized spacial score (nSPS) is 17.3. The number of nitrogens with zero attached hydrogens (tertiary/aromatic N) is 4. The van der Waals surface area contributed by atoms with Crippen LogP contribution in [-0.2, 0) is 29.1 Å². The van der Waals surface area contributed by atoms with Crippen molar-refractivity contribution in [2.75, 3.05) is 32.6 Å². The molecule has 6 rings (SSSR count). The quantitative estimate of drug-likeness (QED) is 0.138. The number of carboxylic acids is 2. The molecule has 13 heteroatoms. The molecule has 2 aromatic heterocycles. The van der Waals surface area contributed by atoms with Crippen molar-refractivity contribution in [3.8, 4) is 22.6 Å². The van der Waals surface area contributed by atoms with Crippen LogP contribution in [0.2, 0.25) is 0 Å². The molecule has 2 aliphatic heterocycles. The van der Waals surface area contributed by atoms with Crippen molar-refractivity contribution in [2.45, 2.75) is 71.1 Å². The highest BCUT2D eigenvalue weighted by Gasteiger charge is 2.32. The maximum atomic E-state index is 13.6. The van der Waals surface area contributed by atoms with Crippen LogP contribution >= 0.6 is 0 Å². The number of rotatable bonds is 14. The predicted octanol–water partition coefficient (Wildman–Crippen LogP) is 5.55. The molecule has 282 valence electrons. The van der Waals surface area contributed by atoms with Gasteiger partial charge in [-0.1, -0.05) is 30.3 Å². The molecule has 0 aliphatic carbocycles. The number of ketones is 1. The van der Waals surface area contributed by atoms with Crippen LogP contribution in [-0.4, -0.2) is 93.0 Å². The zero-order chi connectivity index (χ0) is 38.5. The molecule has 0 unspecified atom stereocenters. The number of hydrogen-bond acceptors (Lipinski definition) is 10. The first-order valence-corrected chi connectivity index (χ1v) is 18.0. The van der Waals surface area contributed by atoms with Crippen LogP contribution in [0.5, 0.6) is 11.5 Å². The molecule has 13 nitrogen and oxygen atoms in total. The lowest BCUT2D eigenvalue weighted by Gasteiger charge is -2.22. The highest BCUT2D eigenvalue weighted by Crippen LogP contribution is 2.34. The fraction of sp³-hybridized carbons (Fsp3) is 0.366. The summed E-state index contributed by atoms with van der Waals surface area (Å²) in [6, 6.07) is 13.5. The summed E-state index contributed by atoms with van der Waals surface area (Å²) in [5.74, 6) is -1.35. The Morgan fingerprint density at radius 2 is 1.26 bits per heavy atom. The number of methoxy groups -OCH3 is 2. The Bertz CT molecular complexity index is 1940. The van der Waals surface area contributed by atoms with Gasteiger partial charge >= 0.3 is 11.9 Å². The van der Waals surface area contributed by atoms with E-state index in [0.29, 0.717) is 61.8 Å². The molecule has 2 aromatic carbocycles. The third-order valence-corrected chi connectivity index (χ3v) is 10.6. The molecule has 3 N–H and O–H groups in total. The number of carboxylic acid groups (broad SMARTS) is 2. The van der Waals surface area contributed by atoms with Gasteiger partial charge in [-0.15, -0.1) is 0 Å². The van der Waals surface area contributed by atoms with E-state index in [4.69, 9.17) is 9.47 Å². The maximum Gasteiger partial charge on any atom is 0.320 e. The first-order chi connectivity index (χ1) is 26.0. The fourth-order valence-electron chi connectivity index (χ4n) is 7.53. The molecule has 0 bridgehead atoms. The van der Waals surface area contributed by atoms with Crippen molar-refractivity contribution in [3.63, 3.8) is 0 Å². The average Bonchev–Trinajstić information content (AvgIpc) is 3.84. The van der Waals surface area contributed by atoms with E-state index in [0.717, 1.165) is 46.2 Å². The Morgan fingerprint density at radius 3 is 1.81 bits per heavy atom. The maximum absolute atomic E-state index is 13.6. The van der Waals surface area contributed by atoms with Crippen LogP contribution in [0.1, 0.15) is 74.5 Å². The largest absolute Gasteiger partial charge is 0.496 e. The first kappa shape index (κ1) is 38.1. The Labute approximate surface area is 313 Å². The zero-order valence-corrected chi connectivity index (χ0v) is 30.9. The van der Waals surface area contributed by atoms with Gasteiger partial charge in [0.05, 0.1) is 14.2 Å². The van der Waals surface area contributed by atoms with Crippen molar-refractivity contribution in [1.82, 2.24) is 19.8 Å². The Hall–Kier alpha value is -5.66. The van der Waals surface area contributed by atoms with Crippen molar-refractivity contribution < 1.29 is 38.9 Å². The third kappa shape index (κ3) is 8.12. The molecular formula is C41H45N5O8. The van der Waals surface area contributed by atoms with Gasteiger partial charge in [-0.25, -0.2) is 0 Å². The molecule has 0 saturated carbocycles. The minimum absolute atomic E-state index is 0.107. The number of amides is 1. The summed E-state index contributed by atoms with van der Waals surface area (Å²) in [5, 5.41) is 22.1. The average molecular weight is 736 g/mol. The topological polar surface area (TPSA) is 171 Å². The molecule has 2 saturated heterocycles. The minimum Gasteiger partial charge on any atom is -0.496 e. The van der Waals surface area contributed by atoms with E-state index < -0.39 is 29.9 Å². The summed E-state index contributed by atoms with van der Waals surface area (Å²) in [4.78, 5) is 63.0. The van der Waals surface area contributed by atoms with Gasteiger partial charge in [0.2, 0.25) is 0 Å². The number of aromatic nitrogens is 2. The second kappa shape index (κ2) is 16.6. The molecule has 0 radical (unpaired) electrons. The third-order valence-electron chi connectivity index (χ3n) is 10.6. The van der Waals surface area contributed by atoms with Gasteiger partial charge in [-0.3, -0.25) is 38.9 Å². The monoisotopic (exact) mass is 735 g/mol. The van der Waals surface area contributed by atoms with Gasteiger partial charge in [0.25, 0.3) is 5.91 Å². The Kier molecular flexibility index (Phi) is 11.7. The summed E-state index contributed by atoms with van der Waals surface area (Å²) in [6.45, 7) is 5.94. The number of nitrogens with one attached hydrogen (secondary N) is 1. The molecule has 0 spiro atoms. The van der Waals surface area contributed by atoms with E-state index in [9.17, 15) is 29.4 Å². The number of aliphatic carboxylic acids is 2. The highest BCUT2D eigenvalue weighted by atomic mass is 16.5. The van der Waals surface area contributed by atoms with E-state index in [1.54, 1.807) is 24.5 Å². The first-order valence-electron chi connectivity index (χ1n) is 18.0. The van der Waals surface area contributed by atoms with Crippen LogP contribution in [0.25, 0.3) is 11.1 Å². The lowest BCUT2D eigenvalue weighted by Crippen LogP contribution is -2.35. The number of Topliss-reactive ketones (excluding diaryl/α,β-unsaturated/α-hetero) is 1. The number of pyridine rings is 2. The molecule has 54 heavy (non-hydrogen) atoms. The fourth-order valence-corrected chi connectivity index (χ4v) is 7.53. The van der Waals surface area contributed by atoms with Crippen LogP contribution in [0, 0.1) is 13.8 Å². The SMILES string of the molecule is COc1cc(C(=O)Cc2cccc(-c3cccc(NC(=O)c4cc(OC)c(CN5CCC[C@H]5C(=O)O)cn4)c3C)c2C)ncc1CN1CCC[C@H]1C(=O)O. The summed E-state index contributed by atoms with van der Waals surface area (Å²) >= 11 is 0. The molecule has 1 amide bonds. The lowest BCUT2D eigenvalue weighted by molar-refractivity contribution is -0.143. The molecule has 4 aromatic rings. The summed E-state index contributed by atoms with van der Waals surface area (Å²) in [6.07, 6.45) is 6.06. The number of carbonyl (C=O) groups excluding carboxylic acids is 2. The van der Waals surface area contributed by atoms with E-state index in [2.05, 4.69) is 15.3 Å². The summed E-state index contributed by atoms with van der Waals surface area (Å²) in [5.41, 5.74) is 6.84. The Balaban J connectivity index is 1.16. The number of ether oxygens (including phenoxy) is 2. The molecular weight excluding hydrogens is 690 g/mol. The van der Waals surface area contributed by atoms with E-state index in [1.807, 2.05) is 60.0 Å². The van der Waals surface area contributed by atoms with Gasteiger partial charge in [0, 0.05) is 60.9 Å². The Morgan fingerprint density at radius 1 is 0.741 bits per heavy atom. The molecule has 2 aliphatic rings. The highest BCUT2D eigenvalue weighted by molar-refractivity contribution is 6.04. The number of anilines is 1. The summed E-state index contributed by atoms with van der Waals surface area (Å²) in [7, 11) is 3.03. The second-order valence-corrected chi connectivity index (χ2v) is 13.8. The summed E-state index contributed by atoms with van der Waals surface area (Å²) < 4.78 is 11.2. The van der Waals surface area contributed by atoms with Crippen molar-refractivity contribution >= 4 is 29.3 Å². The van der Waals surface area contributed by atoms with Gasteiger partial charge in [0.15, 0.2) is 5.78 Å². The van der Waals surface area contributed by atoms with E-state index in [-0.39, 0.29) is 23.6 Å².